The normalized spacial score (nSPS) is 13.0. The summed E-state index contributed by atoms with van der Waals surface area (Å²) in [5.74, 6) is 0. The quantitative estimate of drug-likeness (QED) is 0.657. The van der Waals surface area contributed by atoms with Gasteiger partial charge in [0, 0.05) is 11.4 Å². The van der Waals surface area contributed by atoms with Crippen molar-refractivity contribution in [3.05, 3.63) is 47.6 Å². The molecule has 1 aromatic rings. The van der Waals surface area contributed by atoms with E-state index < -0.39 is 0 Å². The monoisotopic (exact) mass is 171 g/mol. The van der Waals surface area contributed by atoms with E-state index in [2.05, 4.69) is 18.1 Å². The molecule has 0 aliphatic carbocycles. The van der Waals surface area contributed by atoms with Crippen molar-refractivity contribution in [3.8, 4) is 0 Å². The average Bonchev–Trinajstić information content (AvgIpc) is 2.18. The number of hydrogen-bond acceptors (Lipinski definition) is 1. The fraction of sp³-hybridized carbons (Fsp3) is 0.0833. The summed E-state index contributed by atoms with van der Waals surface area (Å²) < 4.78 is 0. The van der Waals surface area contributed by atoms with E-state index in [1.165, 1.54) is 0 Å². The smallest absolute Gasteiger partial charge is 0.0701 e. The number of rotatable bonds is 2. The van der Waals surface area contributed by atoms with Gasteiger partial charge in [0.2, 0.25) is 0 Å². The molecule has 0 unspecified atom stereocenters. The van der Waals surface area contributed by atoms with E-state index in [9.17, 15) is 0 Å². The Kier molecular flexibility index (Phi) is 3.21. The van der Waals surface area contributed by atoms with Crippen molar-refractivity contribution >= 4 is 18.2 Å². The minimum absolute atomic E-state index is 0.899. The Morgan fingerprint density at radius 2 is 2.15 bits per heavy atom. The molecule has 66 valence electrons. The van der Waals surface area contributed by atoms with Crippen molar-refractivity contribution in [1.82, 2.24) is 4.98 Å². The van der Waals surface area contributed by atoms with Crippen LogP contribution in [0.3, 0.4) is 0 Å². The third kappa shape index (κ3) is 1.94. The van der Waals surface area contributed by atoms with Crippen LogP contribution in [0, 0.1) is 0 Å². The Labute approximate surface area is 78.4 Å². The van der Waals surface area contributed by atoms with Crippen LogP contribution in [0.25, 0.3) is 18.2 Å². The number of allylic oxidation sites excluding steroid dienone is 1. The van der Waals surface area contributed by atoms with Gasteiger partial charge in [0.1, 0.15) is 0 Å². The molecule has 1 rings (SSSR count). The molecule has 0 N–H and O–H groups in total. The fourth-order valence-corrected chi connectivity index (χ4v) is 1.22. The molecule has 0 aliphatic rings. The molecule has 0 amide bonds. The van der Waals surface area contributed by atoms with Gasteiger partial charge < -0.3 is 0 Å². The maximum atomic E-state index is 4.21. The van der Waals surface area contributed by atoms with E-state index in [-0.39, 0.29) is 0 Å². The minimum atomic E-state index is 0.899. The van der Waals surface area contributed by atoms with Gasteiger partial charge in [-0.3, -0.25) is 4.98 Å². The minimum Gasteiger partial charge on any atom is -0.256 e. The third-order valence-electron chi connectivity index (χ3n) is 1.84. The molecule has 1 heterocycles. The summed E-state index contributed by atoms with van der Waals surface area (Å²) in [5.41, 5.74) is 0.899. The van der Waals surface area contributed by atoms with Crippen molar-refractivity contribution in [2.45, 2.75) is 6.92 Å². The van der Waals surface area contributed by atoms with Crippen molar-refractivity contribution in [2.75, 3.05) is 0 Å². The first-order valence-corrected chi connectivity index (χ1v) is 4.20. The van der Waals surface area contributed by atoms with E-state index in [1.54, 1.807) is 18.3 Å². The van der Waals surface area contributed by atoms with Crippen molar-refractivity contribution < 1.29 is 0 Å². The molecule has 0 bridgehead atoms. The average molecular weight is 171 g/mol. The molecule has 0 saturated heterocycles. The highest BCUT2D eigenvalue weighted by Crippen LogP contribution is 1.84. The van der Waals surface area contributed by atoms with E-state index in [0.29, 0.717) is 0 Å². The van der Waals surface area contributed by atoms with E-state index in [1.807, 2.05) is 25.1 Å². The van der Waals surface area contributed by atoms with Gasteiger partial charge in [-0.25, -0.2) is 0 Å². The molecule has 1 heteroatoms. The summed E-state index contributed by atoms with van der Waals surface area (Å²) in [4.78, 5) is 4.21. The second-order valence-corrected chi connectivity index (χ2v) is 2.59. The molecule has 0 spiro atoms. The van der Waals surface area contributed by atoms with Gasteiger partial charge in [0.15, 0.2) is 0 Å². The van der Waals surface area contributed by atoms with Crippen LogP contribution in [-0.4, -0.2) is 4.98 Å². The van der Waals surface area contributed by atoms with Gasteiger partial charge in [-0.05, 0) is 24.3 Å². The van der Waals surface area contributed by atoms with Crippen LogP contribution < -0.4 is 10.4 Å². The number of pyridine rings is 1. The molecule has 0 saturated carbocycles. The molecule has 0 aliphatic heterocycles. The summed E-state index contributed by atoms with van der Waals surface area (Å²) in [6.45, 7) is 9.40. The standard InChI is InChI=1S/C12H13N/c1-4-7-11-10(5-2)8-9-13-12(11)6-3/h4-9H,1,3H2,2H3. The highest BCUT2D eigenvalue weighted by Gasteiger charge is 1.90. The number of nitrogens with zero attached hydrogens (tertiary/aromatic N) is 1. The molecule has 0 fully saturated rings. The largest absolute Gasteiger partial charge is 0.256 e. The first-order chi connectivity index (χ1) is 6.33. The van der Waals surface area contributed by atoms with Gasteiger partial charge in [-0.2, -0.15) is 0 Å². The zero-order valence-electron chi connectivity index (χ0n) is 7.83. The molecule has 0 radical (unpaired) electrons. The second-order valence-electron chi connectivity index (χ2n) is 2.59. The molecular formula is C12H13N. The Morgan fingerprint density at radius 1 is 1.38 bits per heavy atom. The Hall–Kier alpha value is -1.63. The second kappa shape index (κ2) is 4.41. The lowest BCUT2D eigenvalue weighted by molar-refractivity contribution is 1.24. The molecule has 0 aromatic carbocycles. The Morgan fingerprint density at radius 3 is 2.69 bits per heavy atom. The van der Waals surface area contributed by atoms with Crippen molar-refractivity contribution in [3.63, 3.8) is 0 Å². The predicted octanol–water partition coefficient (Wildman–Crippen LogP) is 1.49. The van der Waals surface area contributed by atoms with Crippen LogP contribution >= 0.6 is 0 Å². The lowest BCUT2D eigenvalue weighted by Gasteiger charge is -1.94. The Balaban J connectivity index is 3.68. The predicted molar refractivity (Wildman–Crippen MR) is 58.4 cm³/mol. The highest BCUT2D eigenvalue weighted by atomic mass is 14.7. The van der Waals surface area contributed by atoms with Crippen molar-refractivity contribution in [1.29, 1.82) is 0 Å². The van der Waals surface area contributed by atoms with Crippen molar-refractivity contribution in [2.24, 2.45) is 0 Å². The Bertz CT molecular complexity index is 427. The van der Waals surface area contributed by atoms with Gasteiger partial charge >= 0.3 is 0 Å². The van der Waals surface area contributed by atoms with Crippen LogP contribution in [0.15, 0.2) is 31.5 Å². The third-order valence-corrected chi connectivity index (χ3v) is 1.84. The van der Waals surface area contributed by atoms with Crippen LogP contribution in [-0.2, 0) is 0 Å². The molecule has 0 atom stereocenters. The van der Waals surface area contributed by atoms with Crippen LogP contribution in [0.2, 0.25) is 0 Å². The first kappa shape index (κ1) is 9.46. The van der Waals surface area contributed by atoms with Crippen LogP contribution in [0.5, 0.6) is 0 Å². The van der Waals surface area contributed by atoms with Crippen LogP contribution in [0.1, 0.15) is 12.6 Å². The maximum Gasteiger partial charge on any atom is 0.0701 e. The van der Waals surface area contributed by atoms with Gasteiger partial charge in [0.05, 0.1) is 5.69 Å². The molecule has 1 aromatic heterocycles. The zero-order valence-corrected chi connectivity index (χ0v) is 7.83. The van der Waals surface area contributed by atoms with Crippen LogP contribution in [0.4, 0.5) is 0 Å². The molecule has 1 nitrogen and oxygen atoms in total. The summed E-state index contributed by atoms with van der Waals surface area (Å²) in [6.07, 6.45) is 9.29. The lowest BCUT2D eigenvalue weighted by Crippen LogP contribution is -2.27. The highest BCUT2D eigenvalue weighted by molar-refractivity contribution is 5.49. The van der Waals surface area contributed by atoms with Gasteiger partial charge in [-0.15, -0.1) is 0 Å². The summed E-state index contributed by atoms with van der Waals surface area (Å²) >= 11 is 0. The van der Waals surface area contributed by atoms with Gasteiger partial charge in [-0.1, -0.05) is 31.4 Å². The first-order valence-electron chi connectivity index (χ1n) is 4.20. The maximum absolute atomic E-state index is 4.21. The van der Waals surface area contributed by atoms with E-state index in [4.69, 9.17) is 0 Å². The van der Waals surface area contributed by atoms with E-state index >= 15 is 0 Å². The number of aromatic nitrogens is 1. The zero-order chi connectivity index (χ0) is 9.68. The summed E-state index contributed by atoms with van der Waals surface area (Å²) in [7, 11) is 0. The lowest BCUT2D eigenvalue weighted by atomic mass is 10.2. The summed E-state index contributed by atoms with van der Waals surface area (Å²) in [5, 5.41) is 2.24. The SMILES string of the molecule is C=CC=c1c(C=C)nccc1=CC. The van der Waals surface area contributed by atoms with E-state index in [0.717, 1.165) is 16.1 Å². The summed E-state index contributed by atoms with van der Waals surface area (Å²) in [6, 6.07) is 1.97. The number of hydrogen-bond donors (Lipinski definition) is 0. The topological polar surface area (TPSA) is 12.9 Å². The fourth-order valence-electron chi connectivity index (χ4n) is 1.22. The van der Waals surface area contributed by atoms with Gasteiger partial charge in [0.25, 0.3) is 0 Å². The molecular weight excluding hydrogens is 158 g/mol. The molecule has 13 heavy (non-hydrogen) atoms.